The quantitative estimate of drug-likeness (QED) is 0.865. The third-order valence-corrected chi connectivity index (χ3v) is 3.04. The highest BCUT2D eigenvalue weighted by Crippen LogP contribution is 2.24. The highest BCUT2D eigenvalue weighted by atomic mass is 16.5. The second-order valence-corrected chi connectivity index (χ2v) is 4.77. The van der Waals surface area contributed by atoms with E-state index in [0.717, 1.165) is 16.8 Å². The van der Waals surface area contributed by atoms with Gasteiger partial charge >= 0.3 is 6.09 Å². The number of para-hydroxylation sites is 1. The Kier molecular flexibility index (Phi) is 6.26. The standard InChI is InChI=1S/C16H19N3O3/c1-5-22-16(21)19-15(20)13(9-17)12(4)18-14-10(2)7-6-8-11(14)3/h6-8,13H,5H2,1-4H3,(H,19,20,21). The normalized spacial score (nSPS) is 12.2. The summed E-state index contributed by atoms with van der Waals surface area (Å²) in [4.78, 5) is 27.6. The number of imide groups is 1. The van der Waals surface area contributed by atoms with E-state index in [1.165, 1.54) is 0 Å². The van der Waals surface area contributed by atoms with Gasteiger partial charge in [0.25, 0.3) is 5.91 Å². The van der Waals surface area contributed by atoms with Crippen LogP contribution in [0.4, 0.5) is 10.5 Å². The molecule has 2 amide bonds. The van der Waals surface area contributed by atoms with Gasteiger partial charge < -0.3 is 4.74 Å². The molecule has 1 unspecified atom stereocenters. The molecule has 0 aliphatic rings. The fraction of sp³-hybridized carbons (Fsp3) is 0.375. The molecule has 0 aliphatic carbocycles. The lowest BCUT2D eigenvalue weighted by atomic mass is 10.0. The van der Waals surface area contributed by atoms with E-state index in [1.54, 1.807) is 13.8 Å². The maximum absolute atomic E-state index is 11.9. The first-order chi connectivity index (χ1) is 10.4. The van der Waals surface area contributed by atoms with Crippen molar-refractivity contribution in [1.29, 1.82) is 5.26 Å². The predicted octanol–water partition coefficient (Wildman–Crippen LogP) is 2.81. The van der Waals surface area contributed by atoms with Gasteiger partial charge in [-0.1, -0.05) is 18.2 Å². The van der Waals surface area contributed by atoms with Crippen LogP contribution >= 0.6 is 0 Å². The molecule has 0 spiro atoms. The molecule has 1 aromatic rings. The van der Waals surface area contributed by atoms with Crippen molar-refractivity contribution in [3.63, 3.8) is 0 Å². The van der Waals surface area contributed by atoms with Gasteiger partial charge in [-0.15, -0.1) is 0 Å². The first-order valence-electron chi connectivity index (χ1n) is 6.89. The summed E-state index contributed by atoms with van der Waals surface area (Å²) in [5, 5.41) is 11.2. The molecule has 0 saturated heterocycles. The summed E-state index contributed by atoms with van der Waals surface area (Å²) in [5.41, 5.74) is 2.94. The van der Waals surface area contributed by atoms with E-state index in [2.05, 4.69) is 9.73 Å². The minimum Gasteiger partial charge on any atom is -0.450 e. The van der Waals surface area contributed by atoms with Crippen LogP contribution in [0.15, 0.2) is 23.2 Å². The Hall–Kier alpha value is -2.68. The lowest BCUT2D eigenvalue weighted by Crippen LogP contribution is -2.38. The van der Waals surface area contributed by atoms with Gasteiger partial charge in [0, 0.05) is 5.71 Å². The Labute approximate surface area is 129 Å². The number of aliphatic imine (C=N–C) groups is 1. The summed E-state index contributed by atoms with van der Waals surface area (Å²) >= 11 is 0. The van der Waals surface area contributed by atoms with Crippen LogP contribution in [0.3, 0.4) is 0 Å². The summed E-state index contributed by atoms with van der Waals surface area (Å²) in [7, 11) is 0. The Balaban J connectivity index is 3.00. The molecule has 0 fully saturated rings. The molecular weight excluding hydrogens is 282 g/mol. The largest absolute Gasteiger partial charge is 0.450 e. The molecule has 0 heterocycles. The number of ether oxygens (including phenoxy) is 1. The number of nitrogens with one attached hydrogen (secondary N) is 1. The van der Waals surface area contributed by atoms with Gasteiger partial charge in [0.2, 0.25) is 0 Å². The van der Waals surface area contributed by atoms with Crippen molar-refractivity contribution < 1.29 is 14.3 Å². The van der Waals surface area contributed by atoms with Gasteiger partial charge in [0.05, 0.1) is 18.4 Å². The molecular formula is C16H19N3O3. The van der Waals surface area contributed by atoms with Crippen molar-refractivity contribution in [2.75, 3.05) is 6.61 Å². The fourth-order valence-electron chi connectivity index (χ4n) is 1.90. The fourth-order valence-corrected chi connectivity index (χ4v) is 1.90. The maximum atomic E-state index is 11.9. The van der Waals surface area contributed by atoms with E-state index in [4.69, 9.17) is 0 Å². The highest BCUT2D eigenvalue weighted by molar-refractivity contribution is 6.10. The molecule has 6 heteroatoms. The number of hydrogen-bond acceptors (Lipinski definition) is 5. The van der Waals surface area contributed by atoms with Crippen LogP contribution in [0.25, 0.3) is 0 Å². The molecule has 1 rings (SSSR count). The van der Waals surface area contributed by atoms with Crippen molar-refractivity contribution in [1.82, 2.24) is 5.32 Å². The molecule has 6 nitrogen and oxygen atoms in total. The molecule has 22 heavy (non-hydrogen) atoms. The number of nitrogens with zero attached hydrogens (tertiary/aromatic N) is 2. The summed E-state index contributed by atoms with van der Waals surface area (Å²) in [5.74, 6) is -1.89. The number of hydrogen-bond donors (Lipinski definition) is 1. The smallest absolute Gasteiger partial charge is 0.413 e. The molecule has 0 saturated carbocycles. The van der Waals surface area contributed by atoms with E-state index >= 15 is 0 Å². The Bertz CT molecular complexity index is 624. The average Bonchev–Trinajstić information content (AvgIpc) is 2.44. The average molecular weight is 301 g/mol. The van der Waals surface area contributed by atoms with Gasteiger partial charge in [-0.25, -0.2) is 4.79 Å². The van der Waals surface area contributed by atoms with Crippen LogP contribution in [-0.2, 0) is 9.53 Å². The van der Waals surface area contributed by atoms with E-state index in [0.29, 0.717) is 5.71 Å². The SMILES string of the molecule is CCOC(=O)NC(=O)C(C#N)C(C)=Nc1c(C)cccc1C. The first-order valence-corrected chi connectivity index (χ1v) is 6.89. The second-order valence-electron chi connectivity index (χ2n) is 4.77. The Morgan fingerprint density at radius 1 is 1.36 bits per heavy atom. The molecule has 1 atom stereocenters. The van der Waals surface area contributed by atoms with Crippen LogP contribution in [0, 0.1) is 31.1 Å². The van der Waals surface area contributed by atoms with Gasteiger partial charge in [0.15, 0.2) is 5.92 Å². The number of amides is 2. The zero-order valence-corrected chi connectivity index (χ0v) is 13.1. The van der Waals surface area contributed by atoms with Gasteiger partial charge in [-0.2, -0.15) is 5.26 Å². The number of rotatable bonds is 4. The van der Waals surface area contributed by atoms with E-state index in [-0.39, 0.29) is 6.61 Å². The number of carbonyl (C=O) groups is 2. The monoisotopic (exact) mass is 301 g/mol. The van der Waals surface area contributed by atoms with E-state index < -0.39 is 17.9 Å². The van der Waals surface area contributed by atoms with Gasteiger partial charge in [-0.3, -0.25) is 15.1 Å². The molecule has 116 valence electrons. The van der Waals surface area contributed by atoms with Crippen molar-refractivity contribution >= 4 is 23.4 Å². The number of nitriles is 1. The topological polar surface area (TPSA) is 91.5 Å². The van der Waals surface area contributed by atoms with Crippen molar-refractivity contribution in [2.24, 2.45) is 10.9 Å². The van der Waals surface area contributed by atoms with Gasteiger partial charge in [-0.05, 0) is 38.8 Å². The first kappa shape index (κ1) is 17.4. The molecule has 1 aromatic carbocycles. The van der Waals surface area contributed by atoms with Crippen molar-refractivity contribution in [3.05, 3.63) is 29.3 Å². The lowest BCUT2D eigenvalue weighted by molar-refractivity contribution is -0.121. The van der Waals surface area contributed by atoms with Crippen LogP contribution in [0.2, 0.25) is 0 Å². The molecule has 0 bridgehead atoms. The van der Waals surface area contributed by atoms with Crippen LogP contribution < -0.4 is 5.32 Å². The van der Waals surface area contributed by atoms with Gasteiger partial charge in [0.1, 0.15) is 0 Å². The highest BCUT2D eigenvalue weighted by Gasteiger charge is 2.24. The van der Waals surface area contributed by atoms with Crippen molar-refractivity contribution in [3.8, 4) is 6.07 Å². The molecule has 0 aliphatic heterocycles. The predicted molar refractivity (Wildman–Crippen MR) is 83.0 cm³/mol. The minimum atomic E-state index is -1.15. The Morgan fingerprint density at radius 3 is 2.45 bits per heavy atom. The number of carbonyl (C=O) groups excluding carboxylic acids is 2. The van der Waals surface area contributed by atoms with Crippen LogP contribution in [0.5, 0.6) is 0 Å². The Morgan fingerprint density at radius 2 is 1.95 bits per heavy atom. The summed E-state index contributed by atoms with van der Waals surface area (Å²) < 4.78 is 4.62. The second kappa shape index (κ2) is 7.93. The molecule has 0 radical (unpaired) electrons. The van der Waals surface area contributed by atoms with E-state index in [9.17, 15) is 14.9 Å². The van der Waals surface area contributed by atoms with Crippen LogP contribution in [-0.4, -0.2) is 24.3 Å². The summed E-state index contributed by atoms with van der Waals surface area (Å²) in [6.07, 6.45) is -0.868. The van der Waals surface area contributed by atoms with E-state index in [1.807, 2.05) is 43.4 Å². The maximum Gasteiger partial charge on any atom is 0.413 e. The third kappa shape index (κ3) is 4.42. The number of aryl methyl sites for hydroxylation is 2. The number of alkyl carbamates (subject to hydrolysis) is 1. The van der Waals surface area contributed by atoms with Crippen LogP contribution in [0.1, 0.15) is 25.0 Å². The number of benzene rings is 1. The molecule has 0 aromatic heterocycles. The zero-order valence-electron chi connectivity index (χ0n) is 13.1. The lowest BCUT2D eigenvalue weighted by Gasteiger charge is -2.11. The summed E-state index contributed by atoms with van der Waals surface area (Å²) in [6, 6.07) is 7.57. The summed E-state index contributed by atoms with van der Waals surface area (Å²) in [6.45, 7) is 7.16. The molecule has 1 N–H and O–H groups in total. The van der Waals surface area contributed by atoms with Crippen molar-refractivity contribution in [2.45, 2.75) is 27.7 Å². The third-order valence-electron chi connectivity index (χ3n) is 3.04. The minimum absolute atomic E-state index is 0.145. The zero-order chi connectivity index (χ0) is 16.7.